The van der Waals surface area contributed by atoms with Gasteiger partial charge in [0, 0.05) is 16.0 Å². The van der Waals surface area contributed by atoms with E-state index in [1.165, 1.54) is 54.7 Å². The number of nitrogens with one attached hydrogen (secondary N) is 1. The normalized spacial score (nSPS) is 13.0. The number of aliphatic imine (C=N–C) groups is 1. The molecule has 0 radical (unpaired) electrons. The third-order valence-electron chi connectivity index (χ3n) is 5.13. The van der Waals surface area contributed by atoms with Gasteiger partial charge in [-0.1, -0.05) is 24.3 Å². The number of carbonyl (C=O) groups excluding carboxylic acids is 1. The Kier molecular flexibility index (Phi) is 9.38. The zero-order valence-electron chi connectivity index (χ0n) is 21.0. The van der Waals surface area contributed by atoms with Crippen LogP contribution in [0.5, 0.6) is 0 Å². The van der Waals surface area contributed by atoms with Gasteiger partial charge in [0.25, 0.3) is 5.91 Å². The van der Waals surface area contributed by atoms with Crippen LogP contribution in [0.25, 0.3) is 11.0 Å². The number of thioether (sulfide) groups is 2. The molecule has 2 aromatic heterocycles. The molecule has 4 rings (SSSR count). The van der Waals surface area contributed by atoms with Gasteiger partial charge in [0.2, 0.25) is 0 Å². The molecule has 4 aromatic rings. The van der Waals surface area contributed by atoms with E-state index in [1.54, 1.807) is 0 Å². The maximum atomic E-state index is 13.3. The van der Waals surface area contributed by atoms with Crippen molar-refractivity contribution in [3.63, 3.8) is 0 Å². The van der Waals surface area contributed by atoms with Crippen LogP contribution in [0.1, 0.15) is 16.8 Å². The molecule has 0 bridgehead atoms. The summed E-state index contributed by atoms with van der Waals surface area (Å²) < 4.78 is 116. The van der Waals surface area contributed by atoms with Gasteiger partial charge in [0.05, 0.1) is 11.6 Å². The summed E-state index contributed by atoms with van der Waals surface area (Å²) in [6.45, 7) is -0.637. The Labute approximate surface area is 244 Å². The highest BCUT2D eigenvalue weighted by Crippen LogP contribution is 2.37. The van der Waals surface area contributed by atoms with Crippen LogP contribution in [0.2, 0.25) is 0 Å². The van der Waals surface area contributed by atoms with Crippen LogP contribution in [0.15, 0.2) is 80.5 Å². The predicted octanol–water partition coefficient (Wildman–Crippen LogP) is 7.57. The maximum Gasteiger partial charge on any atom is 0.446 e. The van der Waals surface area contributed by atoms with E-state index < -0.39 is 35.3 Å². The Morgan fingerprint density at radius 3 is 1.84 bits per heavy atom. The highest BCUT2D eigenvalue weighted by atomic mass is 32.2. The van der Waals surface area contributed by atoms with Gasteiger partial charge in [-0.25, -0.2) is 20.1 Å². The molecular formula is C25H15F9N6OS2. The average Bonchev–Trinajstić information content (AvgIpc) is 3.23. The number of hydrazone groups is 1. The summed E-state index contributed by atoms with van der Waals surface area (Å²) in [5, 5.41) is 7.82. The molecule has 0 saturated carbocycles. The summed E-state index contributed by atoms with van der Waals surface area (Å²) in [5.41, 5.74) is -7.63. The van der Waals surface area contributed by atoms with Crippen LogP contribution >= 0.6 is 23.5 Å². The summed E-state index contributed by atoms with van der Waals surface area (Å²) in [6.07, 6.45) is -2.42. The number of aromatic nitrogens is 3. The molecule has 18 heteroatoms. The van der Waals surface area contributed by atoms with Gasteiger partial charge < -0.3 is 0 Å². The first kappa shape index (κ1) is 31.9. The first-order valence-corrected chi connectivity index (χ1v) is 13.2. The van der Waals surface area contributed by atoms with Crippen molar-refractivity contribution < 1.29 is 44.3 Å². The molecule has 0 unspecified atom stereocenters. The molecule has 0 spiro atoms. The zero-order valence-corrected chi connectivity index (χ0v) is 22.6. The number of carbonyl (C=O) groups is 1. The summed E-state index contributed by atoms with van der Waals surface area (Å²) in [4.78, 5) is 20.1. The Morgan fingerprint density at radius 1 is 0.791 bits per heavy atom. The van der Waals surface area contributed by atoms with Crippen LogP contribution in [0.3, 0.4) is 0 Å². The second-order valence-electron chi connectivity index (χ2n) is 8.33. The molecule has 0 aliphatic carbocycles. The highest BCUT2D eigenvalue weighted by Gasteiger charge is 2.33. The second kappa shape index (κ2) is 12.7. The number of nitrogens with zero attached hydrogens (tertiary/aromatic N) is 5. The van der Waals surface area contributed by atoms with E-state index >= 15 is 0 Å². The first-order chi connectivity index (χ1) is 20.1. The molecule has 43 heavy (non-hydrogen) atoms. The molecule has 0 aliphatic heterocycles. The van der Waals surface area contributed by atoms with E-state index in [-0.39, 0.29) is 50.2 Å². The largest absolute Gasteiger partial charge is 0.446 e. The van der Waals surface area contributed by atoms with E-state index in [4.69, 9.17) is 0 Å². The third kappa shape index (κ3) is 9.47. The van der Waals surface area contributed by atoms with Crippen LogP contribution in [0.4, 0.5) is 45.3 Å². The zero-order chi connectivity index (χ0) is 31.4. The van der Waals surface area contributed by atoms with Gasteiger partial charge in [-0.05, 0) is 71.0 Å². The Balaban J connectivity index is 1.51. The number of pyridine rings is 1. The Hall–Kier alpha value is -4.06. The molecule has 1 amide bonds. The summed E-state index contributed by atoms with van der Waals surface area (Å²) in [5.74, 6) is -0.935. The van der Waals surface area contributed by atoms with Crippen LogP contribution in [0, 0.1) is 0 Å². The summed E-state index contributed by atoms with van der Waals surface area (Å²) in [7, 11) is 0. The number of amides is 1. The van der Waals surface area contributed by atoms with E-state index in [2.05, 4.69) is 25.6 Å². The highest BCUT2D eigenvalue weighted by molar-refractivity contribution is 8.00. The lowest BCUT2D eigenvalue weighted by molar-refractivity contribution is -0.141. The molecule has 0 fully saturated rings. The third-order valence-corrected chi connectivity index (χ3v) is 6.60. The number of hydrogen-bond acceptors (Lipinski definition) is 7. The maximum absolute atomic E-state index is 13.3. The number of benzene rings is 2. The van der Waals surface area contributed by atoms with Gasteiger partial charge in [-0.2, -0.15) is 44.6 Å². The fourth-order valence-electron chi connectivity index (χ4n) is 3.40. The van der Waals surface area contributed by atoms with Crippen molar-refractivity contribution in [1.29, 1.82) is 0 Å². The van der Waals surface area contributed by atoms with Gasteiger partial charge in [-0.3, -0.25) is 4.79 Å². The van der Waals surface area contributed by atoms with Crippen LogP contribution in [-0.4, -0.2) is 44.1 Å². The second-order valence-corrected chi connectivity index (χ2v) is 10.6. The van der Waals surface area contributed by atoms with Crippen LogP contribution in [-0.2, 0) is 17.5 Å². The fraction of sp³-hybridized carbons (Fsp3) is 0.160. The van der Waals surface area contributed by atoms with Crippen molar-refractivity contribution in [1.82, 2.24) is 20.2 Å². The molecule has 2 aromatic carbocycles. The van der Waals surface area contributed by atoms with Crippen molar-refractivity contribution in [2.75, 3.05) is 0 Å². The van der Waals surface area contributed by atoms with Crippen molar-refractivity contribution in [2.45, 2.75) is 33.5 Å². The Bertz CT molecular complexity index is 1650. The number of hydrogen-bond donors (Lipinski definition) is 1. The Morgan fingerprint density at radius 2 is 1.33 bits per heavy atom. The van der Waals surface area contributed by atoms with Crippen molar-refractivity contribution in [3.05, 3.63) is 77.5 Å². The average molecular weight is 651 g/mol. The van der Waals surface area contributed by atoms with Crippen LogP contribution < -0.4 is 5.43 Å². The summed E-state index contributed by atoms with van der Waals surface area (Å²) >= 11 is -0.601. The van der Waals surface area contributed by atoms with Gasteiger partial charge in [-0.15, -0.1) is 5.10 Å². The first-order valence-electron chi connectivity index (χ1n) is 11.6. The number of alkyl halides is 9. The topological polar surface area (TPSA) is 84.5 Å². The van der Waals surface area contributed by atoms with E-state index in [1.807, 2.05) is 0 Å². The molecule has 2 heterocycles. The molecule has 0 atom stereocenters. The lowest BCUT2D eigenvalue weighted by atomic mass is 10.2. The van der Waals surface area contributed by atoms with Crippen molar-refractivity contribution in [2.24, 2.45) is 10.1 Å². The fourth-order valence-corrected chi connectivity index (χ4v) is 4.47. The smallest absolute Gasteiger partial charge is 0.271 e. The van der Waals surface area contributed by atoms with Gasteiger partial charge in [0.1, 0.15) is 12.2 Å². The number of halogens is 9. The SMILES string of the molecule is O=C(Cn1nc(N=Cc2ccc(SC(F)(F)F)cc2)c2ccc(C(F)(F)F)nc21)N/N=C/c1ccc(SC(F)(F)F)cc1. The number of rotatable bonds is 8. The monoisotopic (exact) mass is 650 g/mol. The van der Waals surface area contributed by atoms with Gasteiger partial charge >= 0.3 is 17.2 Å². The number of fused-ring (bicyclic) bond motifs is 1. The molecule has 226 valence electrons. The standard InChI is InChI=1S/C25H15F9N6OS2/c26-23(27,28)19-10-9-18-21(35-11-14-1-5-16(6-2-14)42-24(29,30)31)39-40(22(18)37-19)13-20(41)38-36-12-15-3-7-17(8-4-15)43-25(32,33)34/h1-12H,13H2,(H,38,41)/b35-11?,36-12+. The molecule has 0 saturated heterocycles. The predicted molar refractivity (Wildman–Crippen MR) is 142 cm³/mol. The lowest BCUT2D eigenvalue weighted by Crippen LogP contribution is -2.24. The molecule has 1 N–H and O–H groups in total. The molecular weight excluding hydrogens is 635 g/mol. The van der Waals surface area contributed by atoms with E-state index in [0.29, 0.717) is 17.2 Å². The quantitative estimate of drug-likeness (QED) is 0.0921. The minimum atomic E-state index is -4.80. The van der Waals surface area contributed by atoms with Crippen molar-refractivity contribution in [3.8, 4) is 0 Å². The minimum Gasteiger partial charge on any atom is -0.271 e. The van der Waals surface area contributed by atoms with E-state index in [0.717, 1.165) is 17.0 Å². The molecule has 7 nitrogen and oxygen atoms in total. The van der Waals surface area contributed by atoms with E-state index in [9.17, 15) is 44.3 Å². The summed E-state index contributed by atoms with van der Waals surface area (Å²) in [6, 6.07) is 12.0. The lowest BCUT2D eigenvalue weighted by Gasteiger charge is -2.06. The molecule has 0 aliphatic rings. The van der Waals surface area contributed by atoms with Crippen molar-refractivity contribution >= 4 is 58.7 Å². The minimum absolute atomic E-state index is 0.0547. The van der Waals surface area contributed by atoms with Gasteiger partial charge in [0.15, 0.2) is 11.5 Å².